The van der Waals surface area contributed by atoms with Gasteiger partial charge in [-0.05, 0) is 32.9 Å². The average molecular weight is 415 g/mol. The summed E-state index contributed by atoms with van der Waals surface area (Å²) in [4.78, 5) is 32.8. The first-order valence-corrected chi connectivity index (χ1v) is 9.40. The number of amides is 2. The minimum Gasteiger partial charge on any atom is -0.444 e. The van der Waals surface area contributed by atoms with Gasteiger partial charge >= 0.3 is 6.09 Å². The number of ether oxygens (including phenoxy) is 1. The molecule has 0 saturated heterocycles. The lowest BCUT2D eigenvalue weighted by molar-refractivity contribution is 0.0635. The van der Waals surface area contributed by atoms with Crippen molar-refractivity contribution in [1.82, 2.24) is 25.1 Å². The van der Waals surface area contributed by atoms with Crippen molar-refractivity contribution in [3.05, 3.63) is 35.2 Å². The Morgan fingerprint density at radius 1 is 1.34 bits per heavy atom. The summed E-state index contributed by atoms with van der Waals surface area (Å²) in [7, 11) is 0. The number of carbonyl (C=O) groups is 2. The highest BCUT2D eigenvalue weighted by atomic mass is 35.5. The molecule has 0 bridgehead atoms. The zero-order chi connectivity index (χ0) is 20.8. The van der Waals surface area contributed by atoms with Gasteiger partial charge < -0.3 is 10.1 Å². The number of pyridine rings is 2. The molecule has 29 heavy (non-hydrogen) atoms. The molecule has 0 aliphatic carbocycles. The van der Waals surface area contributed by atoms with Gasteiger partial charge in [-0.1, -0.05) is 11.6 Å². The smallest absolute Gasteiger partial charge is 0.413 e. The second kappa shape index (κ2) is 7.00. The molecule has 10 heteroatoms. The summed E-state index contributed by atoms with van der Waals surface area (Å²) in [5.41, 5.74) is 1.46. The summed E-state index contributed by atoms with van der Waals surface area (Å²) >= 11 is 6.50. The van der Waals surface area contributed by atoms with E-state index in [0.717, 1.165) is 0 Å². The van der Waals surface area contributed by atoms with Crippen molar-refractivity contribution in [1.29, 1.82) is 0 Å². The van der Waals surface area contributed by atoms with Crippen LogP contribution in [0, 0.1) is 0 Å². The quantitative estimate of drug-likeness (QED) is 0.665. The van der Waals surface area contributed by atoms with Gasteiger partial charge in [0, 0.05) is 23.7 Å². The van der Waals surface area contributed by atoms with Gasteiger partial charge in [0.15, 0.2) is 0 Å². The predicted octanol–water partition coefficient (Wildman–Crippen LogP) is 3.24. The highest BCUT2D eigenvalue weighted by Crippen LogP contribution is 2.35. The number of anilines is 1. The molecular formula is C19H19ClN6O3. The molecule has 9 nitrogen and oxygen atoms in total. The molecule has 4 rings (SSSR count). The third-order valence-corrected chi connectivity index (χ3v) is 4.59. The van der Waals surface area contributed by atoms with E-state index in [-0.39, 0.29) is 10.9 Å². The topological polar surface area (TPSA) is 111 Å². The lowest BCUT2D eigenvalue weighted by Crippen LogP contribution is -2.35. The Labute approximate surface area is 171 Å². The molecule has 0 aromatic carbocycles. The summed E-state index contributed by atoms with van der Waals surface area (Å²) in [6.45, 7) is 6.37. The normalized spacial score (nSPS) is 13.7. The fraction of sp³-hybridized carbons (Fsp3) is 0.316. The molecule has 0 fully saturated rings. The summed E-state index contributed by atoms with van der Waals surface area (Å²) in [6.07, 6.45) is 2.55. The minimum absolute atomic E-state index is 0.257. The van der Waals surface area contributed by atoms with E-state index in [1.807, 2.05) is 0 Å². The fourth-order valence-corrected chi connectivity index (χ4v) is 3.40. The predicted molar refractivity (Wildman–Crippen MR) is 108 cm³/mol. The van der Waals surface area contributed by atoms with Gasteiger partial charge in [0.05, 0.1) is 23.3 Å². The molecule has 0 unspecified atom stereocenters. The maximum Gasteiger partial charge on any atom is 0.413 e. The maximum atomic E-state index is 12.2. The second-order valence-electron chi connectivity index (χ2n) is 7.56. The number of fused-ring (bicyclic) bond motifs is 2. The van der Waals surface area contributed by atoms with E-state index < -0.39 is 11.7 Å². The van der Waals surface area contributed by atoms with Crippen LogP contribution >= 0.6 is 11.6 Å². The minimum atomic E-state index is -0.628. The highest BCUT2D eigenvalue weighted by Gasteiger charge is 2.27. The molecule has 0 radical (unpaired) electrons. The van der Waals surface area contributed by atoms with Crippen LogP contribution in [0.3, 0.4) is 0 Å². The molecule has 1 aliphatic heterocycles. The van der Waals surface area contributed by atoms with Crippen molar-refractivity contribution in [2.75, 3.05) is 11.9 Å². The SMILES string of the molecule is CC(C)(C)OC(=O)Nc1cc2c(-c3nn4c(c3Cl)C(=O)NCC4)ccnc2cn1. The molecule has 4 heterocycles. The Morgan fingerprint density at radius 3 is 2.86 bits per heavy atom. The Balaban J connectivity index is 1.76. The van der Waals surface area contributed by atoms with E-state index in [1.54, 1.807) is 50.0 Å². The first-order valence-electron chi connectivity index (χ1n) is 9.02. The summed E-state index contributed by atoms with van der Waals surface area (Å²) < 4.78 is 6.87. The lowest BCUT2D eigenvalue weighted by Gasteiger charge is -2.19. The van der Waals surface area contributed by atoms with Crippen molar-refractivity contribution in [2.24, 2.45) is 0 Å². The molecular weight excluding hydrogens is 396 g/mol. The zero-order valence-electron chi connectivity index (χ0n) is 16.1. The van der Waals surface area contributed by atoms with E-state index in [4.69, 9.17) is 16.3 Å². The number of rotatable bonds is 2. The molecule has 3 aromatic heterocycles. The van der Waals surface area contributed by atoms with Gasteiger partial charge in [0.2, 0.25) is 0 Å². The maximum absolute atomic E-state index is 12.2. The number of hydrogen-bond acceptors (Lipinski definition) is 6. The van der Waals surface area contributed by atoms with E-state index in [2.05, 4.69) is 25.7 Å². The number of aromatic nitrogens is 4. The third kappa shape index (κ3) is 3.73. The van der Waals surface area contributed by atoms with Crippen LogP contribution in [-0.4, -0.2) is 43.9 Å². The van der Waals surface area contributed by atoms with Crippen LogP contribution in [0.5, 0.6) is 0 Å². The Bertz CT molecular complexity index is 1130. The number of nitrogens with one attached hydrogen (secondary N) is 2. The van der Waals surface area contributed by atoms with Gasteiger partial charge in [0.1, 0.15) is 22.8 Å². The van der Waals surface area contributed by atoms with Crippen LogP contribution in [0.25, 0.3) is 22.2 Å². The molecule has 1 aliphatic rings. The lowest BCUT2D eigenvalue weighted by atomic mass is 10.1. The van der Waals surface area contributed by atoms with E-state index in [0.29, 0.717) is 46.8 Å². The molecule has 3 aromatic rings. The van der Waals surface area contributed by atoms with Crippen molar-refractivity contribution in [3.63, 3.8) is 0 Å². The van der Waals surface area contributed by atoms with E-state index >= 15 is 0 Å². The fourth-order valence-electron chi connectivity index (χ4n) is 3.08. The number of carbonyl (C=O) groups excluding carboxylic acids is 2. The Morgan fingerprint density at radius 2 is 2.14 bits per heavy atom. The summed E-state index contributed by atoms with van der Waals surface area (Å²) in [6, 6.07) is 3.44. The first-order chi connectivity index (χ1) is 13.7. The van der Waals surface area contributed by atoms with Crippen molar-refractivity contribution < 1.29 is 14.3 Å². The van der Waals surface area contributed by atoms with Crippen LogP contribution in [-0.2, 0) is 11.3 Å². The largest absolute Gasteiger partial charge is 0.444 e. The van der Waals surface area contributed by atoms with Crippen LogP contribution in [0.1, 0.15) is 31.3 Å². The first kappa shape index (κ1) is 19.1. The van der Waals surface area contributed by atoms with Crippen LogP contribution in [0.2, 0.25) is 5.02 Å². The zero-order valence-corrected chi connectivity index (χ0v) is 16.9. The van der Waals surface area contributed by atoms with Gasteiger partial charge in [-0.25, -0.2) is 9.78 Å². The highest BCUT2D eigenvalue weighted by molar-refractivity contribution is 6.36. The third-order valence-electron chi connectivity index (χ3n) is 4.23. The average Bonchev–Trinajstić information content (AvgIpc) is 2.97. The van der Waals surface area contributed by atoms with Gasteiger partial charge in [0.25, 0.3) is 5.91 Å². The molecule has 2 amide bonds. The Kier molecular flexibility index (Phi) is 4.62. The standard InChI is InChI=1S/C19H19ClN6O3/c1-19(2,3)29-18(28)24-13-8-11-10(4-5-21-12(11)9-23-13)15-14(20)16-17(27)22-6-7-26(16)25-15/h4-5,8-9H,6-7H2,1-3H3,(H,22,27)(H,23,24,28). The summed E-state index contributed by atoms with van der Waals surface area (Å²) in [5, 5.41) is 10.9. The van der Waals surface area contributed by atoms with E-state index in [1.165, 1.54) is 0 Å². The monoisotopic (exact) mass is 414 g/mol. The molecule has 150 valence electrons. The van der Waals surface area contributed by atoms with Gasteiger partial charge in [-0.2, -0.15) is 5.10 Å². The summed E-state index contributed by atoms with van der Waals surface area (Å²) in [5.74, 6) is 0.0474. The van der Waals surface area contributed by atoms with Crippen molar-refractivity contribution in [2.45, 2.75) is 32.9 Å². The number of nitrogens with zero attached hydrogens (tertiary/aromatic N) is 4. The Hall–Kier alpha value is -3.20. The van der Waals surface area contributed by atoms with Crippen molar-refractivity contribution >= 4 is 40.3 Å². The van der Waals surface area contributed by atoms with E-state index in [9.17, 15) is 9.59 Å². The molecule has 0 spiro atoms. The number of halogens is 1. The van der Waals surface area contributed by atoms with Gasteiger partial charge in [-0.15, -0.1) is 0 Å². The van der Waals surface area contributed by atoms with Crippen LogP contribution in [0.15, 0.2) is 24.5 Å². The second-order valence-corrected chi connectivity index (χ2v) is 7.94. The van der Waals surface area contributed by atoms with Gasteiger partial charge in [-0.3, -0.25) is 19.8 Å². The van der Waals surface area contributed by atoms with Crippen LogP contribution < -0.4 is 10.6 Å². The molecule has 0 atom stereocenters. The molecule has 0 saturated carbocycles. The molecule has 2 N–H and O–H groups in total. The van der Waals surface area contributed by atoms with Crippen LogP contribution in [0.4, 0.5) is 10.6 Å². The van der Waals surface area contributed by atoms with Crippen molar-refractivity contribution in [3.8, 4) is 11.3 Å². The number of hydrogen-bond donors (Lipinski definition) is 2.